The predicted octanol–water partition coefficient (Wildman–Crippen LogP) is 11.2. The summed E-state index contributed by atoms with van der Waals surface area (Å²) < 4.78 is 63.1. The number of benzene rings is 3. The van der Waals surface area contributed by atoms with Gasteiger partial charge in [-0.2, -0.15) is 8.42 Å². The van der Waals surface area contributed by atoms with Crippen LogP contribution in [0.25, 0.3) is 0 Å². The molecule has 3 aromatic rings. The van der Waals surface area contributed by atoms with Gasteiger partial charge in [0.25, 0.3) is 10.1 Å². The number of hydrogen-bond acceptors (Lipinski definition) is 14. The number of nitrogens with two attached hydrogens (primary N) is 1. The largest absolute Gasteiger partial charge is 0.508 e. The number of unbranched alkanes of at least 4 members (excludes halogenated alkanes) is 9. The van der Waals surface area contributed by atoms with E-state index in [2.05, 4.69) is 40.3 Å². The van der Waals surface area contributed by atoms with Crippen LogP contribution in [-0.2, 0) is 43.3 Å². The van der Waals surface area contributed by atoms with Gasteiger partial charge in [0.1, 0.15) is 26.4 Å². The summed E-state index contributed by atoms with van der Waals surface area (Å²) in [5.74, 6) is 0. The molecule has 0 aromatic heterocycles. The Bertz CT molecular complexity index is 1760. The Kier molecular flexibility index (Phi) is 48.4. The highest BCUT2D eigenvalue weighted by molar-refractivity contribution is 7.85. The molecule has 0 aliphatic carbocycles. The number of cyclic esters (lactones) is 2. The first-order valence-electron chi connectivity index (χ1n) is 24.3. The van der Waals surface area contributed by atoms with Gasteiger partial charge in [-0.3, -0.25) is 4.55 Å². The lowest BCUT2D eigenvalue weighted by Crippen LogP contribution is -2.35. The van der Waals surface area contributed by atoms with Crippen LogP contribution < -0.4 is 11.1 Å². The summed E-state index contributed by atoms with van der Waals surface area (Å²) in [4.78, 5) is 34.7. The zero-order valence-electron chi connectivity index (χ0n) is 43.3. The van der Waals surface area contributed by atoms with Crippen LogP contribution >= 0.6 is 0 Å². The zero-order valence-corrected chi connectivity index (χ0v) is 44.1. The fourth-order valence-corrected chi connectivity index (χ4v) is 6.32. The van der Waals surface area contributed by atoms with Gasteiger partial charge in [-0.15, -0.1) is 0 Å². The molecular formula is C53H91N3O14S. The fourth-order valence-electron chi connectivity index (χ4n) is 5.84. The average molecular weight is 1030 g/mol. The van der Waals surface area contributed by atoms with Crippen molar-refractivity contribution < 1.29 is 65.6 Å². The van der Waals surface area contributed by atoms with E-state index in [0.717, 1.165) is 55.5 Å². The second-order valence-electron chi connectivity index (χ2n) is 15.6. The van der Waals surface area contributed by atoms with Crippen LogP contribution in [0.1, 0.15) is 141 Å². The molecular weight excluding hydrogens is 935 g/mol. The molecule has 71 heavy (non-hydrogen) atoms. The molecule has 1 saturated heterocycles. The number of aliphatic hydroxyl groups excluding tert-OH is 1. The van der Waals surface area contributed by atoms with Crippen LogP contribution in [-0.4, -0.2) is 122 Å². The third kappa shape index (κ3) is 40.5. The molecule has 1 heterocycles. The lowest BCUT2D eigenvalue weighted by molar-refractivity contribution is -0.106. The minimum Gasteiger partial charge on any atom is -0.447 e. The van der Waals surface area contributed by atoms with Gasteiger partial charge in [0, 0.05) is 40.0 Å². The van der Waals surface area contributed by atoms with Crippen molar-refractivity contribution in [2.45, 2.75) is 136 Å². The summed E-state index contributed by atoms with van der Waals surface area (Å²) in [6.07, 6.45) is 12.7. The Morgan fingerprint density at radius 1 is 0.718 bits per heavy atom. The number of amides is 2. The molecule has 3 aromatic carbocycles. The van der Waals surface area contributed by atoms with Gasteiger partial charge in [0.2, 0.25) is 0 Å². The summed E-state index contributed by atoms with van der Waals surface area (Å²) in [6, 6.07) is 25.9. The number of aliphatic hydroxyl groups is 1. The van der Waals surface area contributed by atoms with Gasteiger partial charge in [0.15, 0.2) is 6.29 Å². The Labute approximate surface area is 427 Å². The second kappa shape index (κ2) is 48.8. The molecule has 1 aliphatic heterocycles. The Balaban J connectivity index is -0.000000822. The second-order valence-corrected chi connectivity index (χ2v) is 17.0. The molecule has 0 spiro atoms. The van der Waals surface area contributed by atoms with E-state index in [-0.39, 0.29) is 44.0 Å². The molecule has 4 rings (SSSR count). The van der Waals surface area contributed by atoms with Crippen LogP contribution in [0, 0.1) is 6.92 Å². The highest BCUT2D eigenvalue weighted by atomic mass is 32.2. The molecule has 1 unspecified atom stereocenters. The SMILES string of the molecule is C.CCCCCCN.CCCCCCN(C(=O)OCCOC)C(C)c1ccccc1.CCCCCCNC(=O)OCCO.COC(OC)c1ccccc1.Cc1ccc(S(=O)(=O)O)cc1.O=C1OCCO1. The number of aryl methyl sites for hydroxylation is 1. The van der Waals surface area contributed by atoms with Gasteiger partial charge >= 0.3 is 18.3 Å². The molecule has 17 nitrogen and oxygen atoms in total. The van der Waals surface area contributed by atoms with Gasteiger partial charge in [0.05, 0.1) is 24.2 Å². The standard InChI is InChI=1S/C18H29NO3.C9H19NO3.C9H12O2.C7H8O3S.C6H15N.C3H4O3.CH4/c1-4-5-6-10-13-19(18(20)22-15-14-21-3)16(2)17-11-8-7-9-12-17;1-2-3-4-5-6-10-9(12)13-8-7-11;1-10-9(11-2)8-6-4-3-5-7-8;1-6-2-4-7(5-3-6)11(8,9)10;1-2-3-4-5-6-7;4-3-5-1-2-6-3;/h7-9,11-12,16H,4-6,10,13-15H2,1-3H3;11H,2-8H2,1H3,(H,10,12);3-7,9H,1-2H3;2-5H,1H3,(H,8,9,10);2-7H2,1H3;1-2H2;1H4. The Morgan fingerprint density at radius 2 is 1.23 bits per heavy atom. The molecule has 5 N–H and O–H groups in total. The zero-order chi connectivity index (χ0) is 52.7. The van der Waals surface area contributed by atoms with Crippen molar-refractivity contribution in [3.8, 4) is 0 Å². The molecule has 1 aliphatic rings. The van der Waals surface area contributed by atoms with E-state index in [1.54, 1.807) is 33.5 Å². The molecule has 1 fully saturated rings. The maximum atomic E-state index is 12.3. The number of nitrogens with zero attached hydrogens (tertiary/aromatic N) is 1. The fraction of sp³-hybridized carbons (Fsp3) is 0.604. The number of rotatable bonds is 25. The first-order chi connectivity index (χ1) is 33.7. The molecule has 2 amide bonds. The van der Waals surface area contributed by atoms with Crippen LogP contribution in [0.5, 0.6) is 0 Å². The highest BCUT2D eigenvalue weighted by Gasteiger charge is 2.22. The summed E-state index contributed by atoms with van der Waals surface area (Å²) in [6.45, 7) is 14.2. The van der Waals surface area contributed by atoms with Crippen LogP contribution in [0.4, 0.5) is 14.4 Å². The summed E-state index contributed by atoms with van der Waals surface area (Å²) in [5, 5.41) is 11.0. The highest BCUT2D eigenvalue weighted by Crippen LogP contribution is 2.22. The molecule has 0 bridgehead atoms. The van der Waals surface area contributed by atoms with Crippen molar-refractivity contribution in [3.63, 3.8) is 0 Å². The normalized spacial score (nSPS) is 11.5. The Morgan fingerprint density at radius 3 is 1.66 bits per heavy atom. The van der Waals surface area contributed by atoms with Gasteiger partial charge in [-0.05, 0) is 57.4 Å². The summed E-state index contributed by atoms with van der Waals surface area (Å²) in [7, 11) is 0.833. The number of alkyl carbamates (subject to hydrolysis) is 1. The van der Waals surface area contributed by atoms with E-state index in [9.17, 15) is 22.8 Å². The number of carbonyl (C=O) groups excluding carboxylic acids is 3. The number of methoxy groups -OCH3 is 3. The van der Waals surface area contributed by atoms with E-state index >= 15 is 0 Å². The number of hydrogen-bond donors (Lipinski definition) is 4. The number of nitrogens with one attached hydrogen (secondary N) is 1. The van der Waals surface area contributed by atoms with Crippen molar-refractivity contribution in [1.29, 1.82) is 0 Å². The maximum absolute atomic E-state index is 12.3. The van der Waals surface area contributed by atoms with Crippen molar-refractivity contribution >= 4 is 28.5 Å². The average Bonchev–Trinajstić information content (AvgIpc) is 3.86. The molecule has 0 saturated carbocycles. The number of carbonyl (C=O) groups is 3. The molecule has 18 heteroatoms. The monoisotopic (exact) mass is 1030 g/mol. The van der Waals surface area contributed by atoms with E-state index in [0.29, 0.717) is 33.0 Å². The van der Waals surface area contributed by atoms with Gasteiger partial charge < -0.3 is 54.2 Å². The molecule has 1 atom stereocenters. The van der Waals surface area contributed by atoms with Crippen molar-refractivity contribution in [1.82, 2.24) is 10.2 Å². The van der Waals surface area contributed by atoms with Gasteiger partial charge in [-0.25, -0.2) is 14.4 Å². The molecule has 0 radical (unpaired) electrons. The van der Waals surface area contributed by atoms with Crippen LogP contribution in [0.15, 0.2) is 89.8 Å². The summed E-state index contributed by atoms with van der Waals surface area (Å²) >= 11 is 0. The summed E-state index contributed by atoms with van der Waals surface area (Å²) in [5.41, 5.74) is 8.39. The van der Waals surface area contributed by atoms with E-state index < -0.39 is 22.4 Å². The first-order valence-corrected chi connectivity index (χ1v) is 25.8. The minimum absolute atomic E-state index is 0. The van der Waals surface area contributed by atoms with E-state index in [1.807, 2.05) is 79.4 Å². The predicted molar refractivity (Wildman–Crippen MR) is 281 cm³/mol. The quantitative estimate of drug-likeness (QED) is 0.0203. The van der Waals surface area contributed by atoms with E-state index in [4.69, 9.17) is 34.3 Å². The van der Waals surface area contributed by atoms with Crippen LogP contribution in [0.2, 0.25) is 0 Å². The van der Waals surface area contributed by atoms with Crippen molar-refractivity contribution in [2.24, 2.45) is 5.73 Å². The van der Waals surface area contributed by atoms with Crippen molar-refractivity contribution in [2.75, 3.05) is 80.6 Å². The van der Waals surface area contributed by atoms with E-state index in [1.165, 1.54) is 63.5 Å². The number of ether oxygens (including phenoxy) is 7. The maximum Gasteiger partial charge on any atom is 0.508 e. The topological polar surface area (TPSA) is 232 Å². The first kappa shape index (κ1) is 70.4. The Hall–Kier alpha value is -4.82. The van der Waals surface area contributed by atoms with Crippen LogP contribution in [0.3, 0.4) is 0 Å². The third-order valence-corrected chi connectivity index (χ3v) is 10.6. The smallest absolute Gasteiger partial charge is 0.447 e. The van der Waals surface area contributed by atoms with Gasteiger partial charge in [-0.1, -0.05) is 164 Å². The lowest BCUT2D eigenvalue weighted by Gasteiger charge is -2.29. The lowest BCUT2D eigenvalue weighted by atomic mass is 10.1. The molecule has 408 valence electrons. The third-order valence-electron chi connectivity index (χ3n) is 9.77. The minimum atomic E-state index is -4.02. The van der Waals surface area contributed by atoms with Crippen molar-refractivity contribution in [3.05, 3.63) is 102 Å².